The van der Waals surface area contributed by atoms with E-state index in [1.807, 2.05) is 38.1 Å². The van der Waals surface area contributed by atoms with Gasteiger partial charge in [0.25, 0.3) is 5.56 Å². The highest BCUT2D eigenvalue weighted by molar-refractivity contribution is 5.90. The molecule has 6 nitrogen and oxygen atoms in total. The summed E-state index contributed by atoms with van der Waals surface area (Å²) in [7, 11) is 1.32. The van der Waals surface area contributed by atoms with Crippen molar-refractivity contribution in [2.75, 3.05) is 7.11 Å². The van der Waals surface area contributed by atoms with Crippen LogP contribution in [-0.2, 0) is 11.3 Å². The predicted octanol–water partition coefficient (Wildman–Crippen LogP) is 3.52. The minimum absolute atomic E-state index is 0.266. The minimum atomic E-state index is -0.460. The molecule has 3 aromatic rings. The summed E-state index contributed by atoms with van der Waals surface area (Å²) in [4.78, 5) is 29.0. The fourth-order valence-corrected chi connectivity index (χ4v) is 2.99. The molecule has 0 aliphatic heterocycles. The van der Waals surface area contributed by atoms with Crippen molar-refractivity contribution in [3.63, 3.8) is 0 Å². The van der Waals surface area contributed by atoms with E-state index in [0.717, 1.165) is 16.7 Å². The third-order valence-electron chi connectivity index (χ3n) is 4.40. The summed E-state index contributed by atoms with van der Waals surface area (Å²) in [6, 6.07) is 14.4. The molecular formula is C22H22N2O4. The van der Waals surface area contributed by atoms with Crippen LogP contribution in [0.5, 0.6) is 5.88 Å². The molecule has 0 fully saturated rings. The molecule has 28 heavy (non-hydrogen) atoms. The first-order valence-corrected chi connectivity index (χ1v) is 8.87. The fourth-order valence-electron chi connectivity index (χ4n) is 2.99. The van der Waals surface area contributed by atoms with Gasteiger partial charge in [0.15, 0.2) is 0 Å². The molecule has 2 aromatic carbocycles. The lowest BCUT2D eigenvalue weighted by atomic mass is 10.1. The lowest BCUT2D eigenvalue weighted by Gasteiger charge is -2.14. The Morgan fingerprint density at radius 2 is 1.86 bits per heavy atom. The second kappa shape index (κ2) is 8.08. The molecule has 0 aliphatic rings. The van der Waals surface area contributed by atoms with E-state index in [2.05, 4.69) is 4.98 Å². The molecule has 0 unspecified atom stereocenters. The number of methoxy groups -OCH3 is 1. The van der Waals surface area contributed by atoms with Crippen LogP contribution in [0, 0.1) is 20.8 Å². The molecule has 0 N–H and O–H groups in total. The second-order valence-corrected chi connectivity index (χ2v) is 6.59. The first-order valence-electron chi connectivity index (χ1n) is 8.87. The third-order valence-corrected chi connectivity index (χ3v) is 4.40. The number of benzene rings is 2. The molecule has 0 saturated heterocycles. The summed E-state index contributed by atoms with van der Waals surface area (Å²) < 4.78 is 11.9. The van der Waals surface area contributed by atoms with E-state index in [0.29, 0.717) is 23.7 Å². The third kappa shape index (κ3) is 4.11. The Bertz CT molecular complexity index is 1090. The molecule has 1 aromatic heterocycles. The standard InChI is InChI=1S/C22H22N2O4/c1-14-6-5-7-17(10-14)13-28-20-12-21(25)24(16(3)23-20)19-11-18(22(26)27-4)9-8-15(19)2/h5-12H,13H2,1-4H3. The van der Waals surface area contributed by atoms with Gasteiger partial charge in [-0.1, -0.05) is 35.9 Å². The number of carbonyl (C=O) groups is 1. The summed E-state index contributed by atoms with van der Waals surface area (Å²) in [5, 5.41) is 0. The van der Waals surface area contributed by atoms with Crippen molar-refractivity contribution in [1.29, 1.82) is 0 Å². The van der Waals surface area contributed by atoms with Crippen LogP contribution in [0.1, 0.15) is 32.9 Å². The number of ether oxygens (including phenoxy) is 2. The number of carbonyl (C=O) groups excluding carboxylic acids is 1. The van der Waals surface area contributed by atoms with Crippen LogP contribution in [0.2, 0.25) is 0 Å². The number of aryl methyl sites for hydroxylation is 3. The smallest absolute Gasteiger partial charge is 0.337 e. The zero-order valence-corrected chi connectivity index (χ0v) is 16.4. The van der Waals surface area contributed by atoms with Crippen LogP contribution in [0.4, 0.5) is 0 Å². The molecule has 0 radical (unpaired) electrons. The van der Waals surface area contributed by atoms with Crippen LogP contribution in [0.25, 0.3) is 5.69 Å². The quantitative estimate of drug-likeness (QED) is 0.635. The van der Waals surface area contributed by atoms with Gasteiger partial charge in [0.2, 0.25) is 5.88 Å². The van der Waals surface area contributed by atoms with Crippen LogP contribution < -0.4 is 10.3 Å². The Balaban J connectivity index is 1.92. The summed E-state index contributed by atoms with van der Waals surface area (Å²) >= 11 is 0. The maximum Gasteiger partial charge on any atom is 0.337 e. The number of hydrogen-bond donors (Lipinski definition) is 0. The Kier molecular flexibility index (Phi) is 5.59. The molecule has 0 aliphatic carbocycles. The monoisotopic (exact) mass is 378 g/mol. The van der Waals surface area contributed by atoms with Crippen LogP contribution >= 0.6 is 0 Å². The number of esters is 1. The summed E-state index contributed by atoms with van der Waals surface area (Å²) in [6.45, 7) is 5.93. The normalized spacial score (nSPS) is 10.6. The van der Waals surface area contributed by atoms with Crippen molar-refractivity contribution in [3.8, 4) is 11.6 Å². The molecule has 0 atom stereocenters. The molecule has 0 amide bonds. The summed E-state index contributed by atoms with van der Waals surface area (Å²) in [5.41, 5.74) is 3.66. The lowest BCUT2D eigenvalue weighted by molar-refractivity contribution is 0.0600. The van der Waals surface area contributed by atoms with E-state index in [-0.39, 0.29) is 11.4 Å². The van der Waals surface area contributed by atoms with Crippen molar-refractivity contribution >= 4 is 5.97 Å². The molecule has 3 rings (SSSR count). The number of nitrogens with zero attached hydrogens (tertiary/aromatic N) is 2. The summed E-state index contributed by atoms with van der Waals surface area (Å²) in [6.07, 6.45) is 0. The zero-order chi connectivity index (χ0) is 20.3. The van der Waals surface area contributed by atoms with Crippen molar-refractivity contribution in [1.82, 2.24) is 9.55 Å². The Labute approximate surface area is 163 Å². The summed E-state index contributed by atoms with van der Waals surface area (Å²) in [5.74, 6) is 0.275. The van der Waals surface area contributed by atoms with Crippen molar-refractivity contribution in [3.05, 3.63) is 87.0 Å². The van der Waals surface area contributed by atoms with E-state index in [1.165, 1.54) is 17.7 Å². The fraction of sp³-hybridized carbons (Fsp3) is 0.227. The van der Waals surface area contributed by atoms with Crippen molar-refractivity contribution < 1.29 is 14.3 Å². The SMILES string of the molecule is COC(=O)c1ccc(C)c(-n2c(C)nc(OCc3cccc(C)c3)cc2=O)c1. The van der Waals surface area contributed by atoms with E-state index >= 15 is 0 Å². The average Bonchev–Trinajstić information content (AvgIpc) is 2.66. The largest absolute Gasteiger partial charge is 0.473 e. The van der Waals surface area contributed by atoms with Gasteiger partial charge >= 0.3 is 5.97 Å². The van der Waals surface area contributed by atoms with E-state index in [9.17, 15) is 9.59 Å². The van der Waals surface area contributed by atoms with E-state index in [1.54, 1.807) is 25.1 Å². The number of rotatable bonds is 5. The maximum absolute atomic E-state index is 12.8. The second-order valence-electron chi connectivity index (χ2n) is 6.59. The average molecular weight is 378 g/mol. The van der Waals surface area contributed by atoms with Crippen LogP contribution in [0.15, 0.2) is 53.3 Å². The number of hydrogen-bond acceptors (Lipinski definition) is 5. The molecule has 1 heterocycles. The van der Waals surface area contributed by atoms with Crippen molar-refractivity contribution in [2.45, 2.75) is 27.4 Å². The molecule has 0 saturated carbocycles. The van der Waals surface area contributed by atoms with E-state index < -0.39 is 5.97 Å². The molecule has 0 bridgehead atoms. The van der Waals surface area contributed by atoms with Gasteiger partial charge in [0.05, 0.1) is 24.4 Å². The highest BCUT2D eigenvalue weighted by Gasteiger charge is 2.14. The topological polar surface area (TPSA) is 70.4 Å². The van der Waals surface area contributed by atoms with Gasteiger partial charge < -0.3 is 9.47 Å². The Hall–Kier alpha value is -3.41. The van der Waals surface area contributed by atoms with Gasteiger partial charge in [-0.05, 0) is 44.0 Å². The molecule has 6 heteroatoms. The van der Waals surface area contributed by atoms with Gasteiger partial charge in [-0.2, -0.15) is 4.98 Å². The molecule has 0 spiro atoms. The van der Waals surface area contributed by atoms with Gasteiger partial charge in [-0.25, -0.2) is 4.79 Å². The predicted molar refractivity (Wildman–Crippen MR) is 106 cm³/mol. The van der Waals surface area contributed by atoms with Gasteiger partial charge in [-0.15, -0.1) is 0 Å². The highest BCUT2D eigenvalue weighted by Crippen LogP contribution is 2.18. The molecule has 144 valence electrons. The first kappa shape index (κ1) is 19.4. The Morgan fingerprint density at radius 3 is 2.54 bits per heavy atom. The maximum atomic E-state index is 12.8. The first-order chi connectivity index (χ1) is 13.4. The Morgan fingerprint density at radius 1 is 1.07 bits per heavy atom. The highest BCUT2D eigenvalue weighted by atomic mass is 16.5. The van der Waals surface area contributed by atoms with Gasteiger partial charge in [0, 0.05) is 0 Å². The molecular weight excluding hydrogens is 356 g/mol. The van der Waals surface area contributed by atoms with E-state index in [4.69, 9.17) is 9.47 Å². The minimum Gasteiger partial charge on any atom is -0.473 e. The van der Waals surface area contributed by atoms with Crippen LogP contribution in [-0.4, -0.2) is 22.6 Å². The van der Waals surface area contributed by atoms with Gasteiger partial charge in [-0.3, -0.25) is 9.36 Å². The zero-order valence-electron chi connectivity index (χ0n) is 16.4. The lowest BCUT2D eigenvalue weighted by Crippen LogP contribution is -2.23. The van der Waals surface area contributed by atoms with Crippen LogP contribution in [0.3, 0.4) is 0 Å². The number of aromatic nitrogens is 2. The van der Waals surface area contributed by atoms with Gasteiger partial charge in [0.1, 0.15) is 12.4 Å². The van der Waals surface area contributed by atoms with Crippen molar-refractivity contribution in [2.24, 2.45) is 0 Å².